The molecule has 108 valence electrons. The summed E-state index contributed by atoms with van der Waals surface area (Å²) in [5.74, 6) is -0.491. The molecule has 0 aliphatic heterocycles. The van der Waals surface area contributed by atoms with Gasteiger partial charge in [0.25, 0.3) is 0 Å². The molecule has 0 heterocycles. The number of ether oxygens (including phenoxy) is 2. The second-order valence-electron chi connectivity index (χ2n) is 1.77. The fourth-order valence-corrected chi connectivity index (χ4v) is 0. The Bertz CT molecular complexity index is 151. The van der Waals surface area contributed by atoms with E-state index in [0.717, 1.165) is 0 Å². The lowest BCUT2D eigenvalue weighted by Gasteiger charge is -1.80. The molecule has 0 aliphatic carbocycles. The summed E-state index contributed by atoms with van der Waals surface area (Å²) >= 11 is 0. The van der Waals surface area contributed by atoms with E-state index in [2.05, 4.69) is 14.6 Å². The molecule has 0 saturated carbocycles. The van der Waals surface area contributed by atoms with Gasteiger partial charge in [-0.1, -0.05) is 22.3 Å². The zero-order valence-corrected chi connectivity index (χ0v) is 9.10. The van der Waals surface area contributed by atoms with E-state index in [1.165, 1.54) is 34.3 Å². The van der Waals surface area contributed by atoms with E-state index in [-0.39, 0.29) is 34.2 Å². The van der Waals surface area contributed by atoms with Gasteiger partial charge in [0.05, 0.1) is 14.2 Å². The van der Waals surface area contributed by atoms with E-state index >= 15 is 0 Å². The third-order valence-electron chi connectivity index (χ3n) is 0.690. The summed E-state index contributed by atoms with van der Waals surface area (Å²) < 4.78 is 8.22. The maximum absolute atomic E-state index is 9.59. The first-order chi connectivity index (χ1) is 6.45. The summed E-state index contributed by atoms with van der Waals surface area (Å²) in [5, 5.41) is 10.1. The Kier molecular flexibility index (Phi) is 77.9. The second-order valence-corrected chi connectivity index (χ2v) is 1.77. The van der Waals surface area contributed by atoms with Crippen LogP contribution in [-0.2, 0) is 19.1 Å². The van der Waals surface area contributed by atoms with Gasteiger partial charge in [-0.25, -0.2) is 0 Å². The highest BCUT2D eigenvalue weighted by atomic mass is 16.5. The fraction of sp³-hybridized carbons (Fsp3) is 0.727. The average molecular weight is 255 g/mol. The van der Waals surface area contributed by atoms with Crippen molar-refractivity contribution in [3.8, 4) is 0 Å². The van der Waals surface area contributed by atoms with Crippen molar-refractivity contribution in [3.05, 3.63) is 0 Å². The van der Waals surface area contributed by atoms with Crippen LogP contribution in [0.1, 0.15) is 43.1 Å². The summed E-state index contributed by atoms with van der Waals surface area (Å²) in [7, 11) is 2.70. The van der Waals surface area contributed by atoms with Crippen LogP contribution >= 0.6 is 0 Å². The van der Waals surface area contributed by atoms with Crippen LogP contribution in [0.5, 0.6) is 0 Å². The molecule has 0 spiro atoms. The number of carbonyl (C=O) groups is 2. The SMILES string of the molecule is C.C.C.C/C=N\O.COC(C)=O.COC(C)=O. The van der Waals surface area contributed by atoms with E-state index < -0.39 is 0 Å². The first kappa shape index (κ1) is 36.1. The van der Waals surface area contributed by atoms with Gasteiger partial charge in [-0.05, 0) is 6.92 Å². The molecule has 0 bridgehead atoms. The summed E-state index contributed by atoms with van der Waals surface area (Å²) in [5.41, 5.74) is 0. The van der Waals surface area contributed by atoms with Crippen LogP contribution in [-0.4, -0.2) is 37.6 Å². The molecule has 0 fully saturated rings. The van der Waals surface area contributed by atoms with E-state index in [1.54, 1.807) is 6.92 Å². The van der Waals surface area contributed by atoms with Gasteiger partial charge >= 0.3 is 11.9 Å². The Hall–Kier alpha value is -1.59. The Morgan fingerprint density at radius 3 is 1.12 bits per heavy atom. The normalized spacial score (nSPS) is 6.18. The minimum absolute atomic E-state index is 0. The van der Waals surface area contributed by atoms with Crippen molar-refractivity contribution in [2.24, 2.45) is 5.16 Å². The first-order valence-electron chi connectivity index (χ1n) is 3.67. The van der Waals surface area contributed by atoms with E-state index in [9.17, 15) is 9.59 Å². The molecule has 0 amide bonds. The molecule has 0 aromatic heterocycles. The second kappa shape index (κ2) is 36.6. The molecular weight excluding hydrogens is 226 g/mol. The van der Waals surface area contributed by atoms with Gasteiger partial charge in [-0.15, -0.1) is 5.16 Å². The largest absolute Gasteiger partial charge is 0.469 e. The number of esters is 2. The fourth-order valence-electron chi connectivity index (χ4n) is 0. The molecule has 0 unspecified atom stereocenters. The van der Waals surface area contributed by atoms with Crippen LogP contribution < -0.4 is 0 Å². The summed E-state index contributed by atoms with van der Waals surface area (Å²) in [4.78, 5) is 19.2. The number of hydrogen-bond acceptors (Lipinski definition) is 6. The standard InChI is InChI=1S/2C3H6O2.C2H5NO.3CH4/c2*1-3(4)5-2;1-2-3-4;;;/h2*1-2H3;2,4H,1H3;3*1H4/b;;3-2-;;;. The molecule has 6 nitrogen and oxygen atoms in total. The minimum atomic E-state index is -0.245. The Morgan fingerprint density at radius 2 is 1.12 bits per heavy atom. The molecular formula is C11H29NO5. The number of nitrogens with zero attached hydrogens (tertiary/aromatic N) is 1. The highest BCUT2D eigenvalue weighted by Crippen LogP contribution is 1.60. The number of rotatable bonds is 0. The van der Waals surface area contributed by atoms with Gasteiger partial charge in [0, 0.05) is 20.1 Å². The third-order valence-corrected chi connectivity index (χ3v) is 0.690. The average Bonchev–Trinajstić information content (AvgIpc) is 2.19. The zero-order valence-electron chi connectivity index (χ0n) is 9.10. The van der Waals surface area contributed by atoms with Gasteiger partial charge in [0.15, 0.2) is 0 Å². The molecule has 0 rings (SSSR count). The van der Waals surface area contributed by atoms with Gasteiger partial charge in [0.1, 0.15) is 0 Å². The number of carbonyl (C=O) groups excluding carboxylic acids is 2. The molecule has 0 radical (unpaired) electrons. The van der Waals surface area contributed by atoms with Crippen LogP contribution in [0.15, 0.2) is 5.16 Å². The molecule has 0 aliphatic rings. The monoisotopic (exact) mass is 255 g/mol. The van der Waals surface area contributed by atoms with E-state index in [4.69, 9.17) is 5.21 Å². The lowest BCUT2D eigenvalue weighted by Crippen LogP contribution is -1.88. The Labute approximate surface area is 106 Å². The van der Waals surface area contributed by atoms with Gasteiger partial charge in [-0.3, -0.25) is 9.59 Å². The predicted octanol–water partition coefficient (Wildman–Crippen LogP) is 2.73. The Balaban J connectivity index is -0.0000000247. The Morgan fingerprint density at radius 1 is 1.00 bits per heavy atom. The number of hydrogen-bond donors (Lipinski definition) is 1. The predicted molar refractivity (Wildman–Crippen MR) is 71.5 cm³/mol. The van der Waals surface area contributed by atoms with E-state index in [0.29, 0.717) is 0 Å². The zero-order chi connectivity index (χ0) is 12.0. The number of oxime groups is 1. The van der Waals surface area contributed by atoms with Crippen molar-refractivity contribution < 1.29 is 24.3 Å². The lowest BCUT2D eigenvalue weighted by molar-refractivity contribution is -0.138. The van der Waals surface area contributed by atoms with Gasteiger partial charge in [-0.2, -0.15) is 0 Å². The minimum Gasteiger partial charge on any atom is -0.469 e. The highest BCUT2D eigenvalue weighted by molar-refractivity contribution is 5.65. The smallest absolute Gasteiger partial charge is 0.302 e. The maximum atomic E-state index is 9.59. The molecule has 1 N–H and O–H groups in total. The molecule has 0 atom stereocenters. The quantitative estimate of drug-likeness (QED) is 0.311. The summed E-state index contributed by atoms with van der Waals surface area (Å²) in [6, 6.07) is 0. The van der Waals surface area contributed by atoms with Crippen LogP contribution in [0.3, 0.4) is 0 Å². The van der Waals surface area contributed by atoms with Crippen molar-refractivity contribution in [2.75, 3.05) is 14.2 Å². The van der Waals surface area contributed by atoms with Crippen molar-refractivity contribution >= 4 is 18.2 Å². The molecule has 6 heteroatoms. The molecule has 0 aromatic carbocycles. The van der Waals surface area contributed by atoms with Crippen molar-refractivity contribution in [1.29, 1.82) is 0 Å². The van der Waals surface area contributed by atoms with Crippen LogP contribution in [0.25, 0.3) is 0 Å². The topological polar surface area (TPSA) is 85.2 Å². The van der Waals surface area contributed by atoms with Crippen molar-refractivity contribution in [2.45, 2.75) is 43.1 Å². The van der Waals surface area contributed by atoms with Crippen molar-refractivity contribution in [1.82, 2.24) is 0 Å². The van der Waals surface area contributed by atoms with Gasteiger partial charge in [0.2, 0.25) is 0 Å². The number of methoxy groups -OCH3 is 2. The van der Waals surface area contributed by atoms with Crippen LogP contribution in [0.2, 0.25) is 0 Å². The molecule has 17 heavy (non-hydrogen) atoms. The molecule has 0 aromatic rings. The highest BCUT2D eigenvalue weighted by Gasteiger charge is 1.76. The summed E-state index contributed by atoms with van der Waals surface area (Å²) in [6.07, 6.45) is 1.31. The van der Waals surface area contributed by atoms with Crippen LogP contribution in [0.4, 0.5) is 0 Å². The van der Waals surface area contributed by atoms with Crippen LogP contribution in [0, 0.1) is 0 Å². The van der Waals surface area contributed by atoms with E-state index in [1.807, 2.05) is 0 Å². The molecule has 0 saturated heterocycles. The maximum Gasteiger partial charge on any atom is 0.302 e. The van der Waals surface area contributed by atoms with Crippen molar-refractivity contribution in [3.63, 3.8) is 0 Å². The first-order valence-corrected chi connectivity index (χ1v) is 3.67. The summed E-state index contributed by atoms with van der Waals surface area (Å²) in [6.45, 7) is 4.36. The van der Waals surface area contributed by atoms with Gasteiger partial charge < -0.3 is 14.7 Å². The lowest BCUT2D eigenvalue weighted by atomic mass is 10.8. The third kappa shape index (κ3) is 191.